The topological polar surface area (TPSA) is 71.5 Å². The maximum atomic E-state index is 12.5. The maximum Gasteiger partial charge on any atom is 0.409 e. The third-order valence-electron chi connectivity index (χ3n) is 4.17. The van der Waals surface area contributed by atoms with Crippen LogP contribution < -0.4 is 5.32 Å². The van der Waals surface area contributed by atoms with Crippen LogP contribution in [0.15, 0.2) is 18.2 Å². The van der Waals surface area contributed by atoms with Crippen molar-refractivity contribution in [3.8, 4) is 0 Å². The summed E-state index contributed by atoms with van der Waals surface area (Å²) < 4.78 is 6.08. The van der Waals surface area contributed by atoms with Crippen molar-refractivity contribution >= 4 is 38.7 Å². The number of thiazole rings is 1. The highest BCUT2D eigenvalue weighted by atomic mass is 32.1. The number of anilines is 1. The molecule has 1 fully saturated rings. The second-order valence-electron chi connectivity index (χ2n) is 5.91. The quantitative estimate of drug-likeness (QED) is 0.923. The van der Waals surface area contributed by atoms with Crippen molar-refractivity contribution in [3.63, 3.8) is 0 Å². The fourth-order valence-corrected chi connectivity index (χ4v) is 3.87. The molecule has 6 nitrogen and oxygen atoms in total. The van der Waals surface area contributed by atoms with Crippen molar-refractivity contribution < 1.29 is 14.3 Å². The summed E-state index contributed by atoms with van der Waals surface area (Å²) in [6, 6.07) is 5.99. The highest BCUT2D eigenvalue weighted by Gasteiger charge is 2.29. The van der Waals surface area contributed by atoms with Crippen LogP contribution in [0, 0.1) is 12.8 Å². The molecule has 24 heavy (non-hydrogen) atoms. The monoisotopic (exact) mass is 347 g/mol. The van der Waals surface area contributed by atoms with Crippen LogP contribution in [-0.4, -0.2) is 41.6 Å². The number of fused-ring (bicyclic) bond motifs is 1. The Bertz CT molecular complexity index is 759. The van der Waals surface area contributed by atoms with Crippen molar-refractivity contribution in [2.75, 3.05) is 25.0 Å². The summed E-state index contributed by atoms with van der Waals surface area (Å²) in [7, 11) is 0. The van der Waals surface area contributed by atoms with E-state index in [0.29, 0.717) is 24.8 Å². The minimum Gasteiger partial charge on any atom is -0.450 e. The van der Waals surface area contributed by atoms with Crippen LogP contribution in [0.3, 0.4) is 0 Å². The second-order valence-corrected chi connectivity index (χ2v) is 6.94. The number of carbonyl (C=O) groups is 2. The number of rotatable bonds is 3. The fraction of sp³-hybridized carbons (Fsp3) is 0.471. The van der Waals surface area contributed by atoms with Crippen LogP contribution in [0.1, 0.15) is 25.3 Å². The normalized spacial score (nSPS) is 17.8. The zero-order valence-electron chi connectivity index (χ0n) is 13.9. The van der Waals surface area contributed by atoms with Crippen LogP contribution in [-0.2, 0) is 9.53 Å². The minimum absolute atomic E-state index is 0.0827. The number of aryl methyl sites for hydroxylation is 1. The second kappa shape index (κ2) is 7.17. The van der Waals surface area contributed by atoms with Crippen LogP contribution >= 0.6 is 11.3 Å². The zero-order valence-corrected chi connectivity index (χ0v) is 14.7. The van der Waals surface area contributed by atoms with E-state index in [2.05, 4.69) is 10.3 Å². The molecule has 1 aliphatic heterocycles. The number of likely N-dealkylation sites (tertiary alicyclic amines) is 1. The molecule has 7 heteroatoms. The average molecular weight is 347 g/mol. The number of piperidine rings is 1. The lowest BCUT2D eigenvalue weighted by molar-refractivity contribution is -0.121. The van der Waals surface area contributed by atoms with Gasteiger partial charge in [-0.3, -0.25) is 4.79 Å². The number of carbonyl (C=O) groups excluding carboxylic acids is 2. The highest BCUT2D eigenvalue weighted by Crippen LogP contribution is 2.28. The molecule has 0 aliphatic carbocycles. The SMILES string of the molecule is CCOC(=O)N1CCC[C@H](C(=O)Nc2nc3c(C)cccc3s2)C1. The van der Waals surface area contributed by atoms with E-state index in [1.54, 1.807) is 11.8 Å². The molecule has 1 atom stereocenters. The van der Waals surface area contributed by atoms with Crippen molar-refractivity contribution in [3.05, 3.63) is 23.8 Å². The summed E-state index contributed by atoms with van der Waals surface area (Å²) in [6.07, 6.45) is 1.23. The number of aromatic nitrogens is 1. The third kappa shape index (κ3) is 3.51. The molecule has 2 aromatic rings. The molecule has 1 aromatic heterocycles. The average Bonchev–Trinajstić information content (AvgIpc) is 2.99. The molecule has 1 N–H and O–H groups in total. The number of hydrogen-bond acceptors (Lipinski definition) is 5. The number of nitrogens with one attached hydrogen (secondary N) is 1. The predicted molar refractivity (Wildman–Crippen MR) is 94.3 cm³/mol. The molecular formula is C17H21N3O3S. The van der Waals surface area contributed by atoms with Crippen LogP contribution in [0.4, 0.5) is 9.93 Å². The summed E-state index contributed by atoms with van der Waals surface area (Å²) >= 11 is 1.47. The predicted octanol–water partition coefficient (Wildman–Crippen LogP) is 3.41. The van der Waals surface area contributed by atoms with Gasteiger partial charge in [-0.05, 0) is 38.3 Å². The van der Waals surface area contributed by atoms with Gasteiger partial charge in [0.25, 0.3) is 0 Å². The minimum atomic E-state index is -0.342. The first-order valence-corrected chi connectivity index (χ1v) is 8.99. The first-order chi connectivity index (χ1) is 11.6. The van der Waals surface area contributed by atoms with Gasteiger partial charge < -0.3 is 15.0 Å². The van der Waals surface area contributed by atoms with E-state index in [9.17, 15) is 9.59 Å². The van der Waals surface area contributed by atoms with Crippen LogP contribution in [0.25, 0.3) is 10.2 Å². The van der Waals surface area contributed by atoms with Gasteiger partial charge in [0.2, 0.25) is 5.91 Å². The molecule has 2 heterocycles. The Hall–Kier alpha value is -2.15. The largest absolute Gasteiger partial charge is 0.450 e. The van der Waals surface area contributed by atoms with E-state index in [1.165, 1.54) is 11.3 Å². The van der Waals surface area contributed by atoms with E-state index in [-0.39, 0.29) is 17.9 Å². The lowest BCUT2D eigenvalue weighted by Gasteiger charge is -2.30. The van der Waals surface area contributed by atoms with Gasteiger partial charge in [-0.25, -0.2) is 9.78 Å². The molecule has 0 saturated carbocycles. The summed E-state index contributed by atoms with van der Waals surface area (Å²) in [5, 5.41) is 3.52. The number of ether oxygens (including phenoxy) is 1. The number of hydrogen-bond donors (Lipinski definition) is 1. The lowest BCUT2D eigenvalue weighted by Crippen LogP contribution is -2.44. The molecule has 128 valence electrons. The van der Waals surface area contributed by atoms with Gasteiger partial charge in [0.15, 0.2) is 5.13 Å². The molecule has 0 spiro atoms. The van der Waals surface area contributed by atoms with E-state index >= 15 is 0 Å². The number of nitrogens with zero attached hydrogens (tertiary/aromatic N) is 2. The standard InChI is InChI=1S/C17H21N3O3S/c1-3-23-17(22)20-9-5-7-12(10-20)15(21)19-16-18-14-11(2)6-4-8-13(14)24-16/h4,6,8,12H,3,5,7,9-10H2,1-2H3,(H,18,19,21)/t12-/m0/s1. The molecule has 2 amide bonds. The van der Waals surface area contributed by atoms with E-state index in [4.69, 9.17) is 4.74 Å². The first kappa shape index (κ1) is 16.7. The third-order valence-corrected chi connectivity index (χ3v) is 5.11. The van der Waals surface area contributed by atoms with Crippen molar-refractivity contribution in [2.45, 2.75) is 26.7 Å². The maximum absolute atomic E-state index is 12.5. The molecule has 0 bridgehead atoms. The Morgan fingerprint density at radius 1 is 1.46 bits per heavy atom. The summed E-state index contributed by atoms with van der Waals surface area (Å²) in [5.41, 5.74) is 2.02. The van der Waals surface area contributed by atoms with Crippen LogP contribution in [0.5, 0.6) is 0 Å². The van der Waals surface area contributed by atoms with E-state index < -0.39 is 0 Å². The number of amides is 2. The molecule has 0 radical (unpaired) electrons. The van der Waals surface area contributed by atoms with Gasteiger partial charge in [-0.2, -0.15) is 0 Å². The Labute approximate surface area is 144 Å². The molecular weight excluding hydrogens is 326 g/mol. The molecule has 3 rings (SSSR count). The smallest absolute Gasteiger partial charge is 0.409 e. The Kier molecular flexibility index (Phi) is 4.99. The molecule has 1 aromatic carbocycles. The van der Waals surface area contributed by atoms with Crippen LogP contribution in [0.2, 0.25) is 0 Å². The number of para-hydroxylation sites is 1. The zero-order chi connectivity index (χ0) is 17.1. The van der Waals surface area contributed by atoms with Gasteiger partial charge in [-0.15, -0.1) is 0 Å². The van der Waals surface area contributed by atoms with Crippen molar-refractivity contribution in [2.24, 2.45) is 5.92 Å². The van der Waals surface area contributed by atoms with Gasteiger partial charge >= 0.3 is 6.09 Å². The van der Waals surface area contributed by atoms with E-state index in [1.807, 2.05) is 25.1 Å². The van der Waals surface area contributed by atoms with Crippen molar-refractivity contribution in [1.29, 1.82) is 0 Å². The highest BCUT2D eigenvalue weighted by molar-refractivity contribution is 7.22. The summed E-state index contributed by atoms with van der Waals surface area (Å²) in [6.45, 7) is 5.17. The van der Waals surface area contributed by atoms with Gasteiger partial charge in [-0.1, -0.05) is 23.5 Å². The Morgan fingerprint density at radius 3 is 3.04 bits per heavy atom. The van der Waals surface area contributed by atoms with Gasteiger partial charge in [0, 0.05) is 13.1 Å². The van der Waals surface area contributed by atoms with Gasteiger partial charge in [0.05, 0.1) is 22.7 Å². The molecule has 1 saturated heterocycles. The van der Waals surface area contributed by atoms with Crippen molar-refractivity contribution in [1.82, 2.24) is 9.88 Å². The molecule has 0 unspecified atom stereocenters. The first-order valence-electron chi connectivity index (χ1n) is 8.17. The summed E-state index contributed by atoms with van der Waals surface area (Å²) in [5.74, 6) is -0.308. The summed E-state index contributed by atoms with van der Waals surface area (Å²) in [4.78, 5) is 30.5. The van der Waals surface area contributed by atoms with E-state index in [0.717, 1.165) is 28.6 Å². The molecule has 1 aliphatic rings. The van der Waals surface area contributed by atoms with Gasteiger partial charge in [0.1, 0.15) is 0 Å². The Balaban J connectivity index is 1.67. The lowest BCUT2D eigenvalue weighted by atomic mass is 9.97. The fourth-order valence-electron chi connectivity index (χ4n) is 2.92. The number of benzene rings is 1. The Morgan fingerprint density at radius 2 is 2.29 bits per heavy atom.